The van der Waals surface area contributed by atoms with Crippen LogP contribution >= 0.6 is 0 Å². The second kappa shape index (κ2) is 7.21. The maximum absolute atomic E-state index is 12.2. The van der Waals surface area contributed by atoms with Crippen molar-refractivity contribution in [3.8, 4) is 0 Å². The van der Waals surface area contributed by atoms with Crippen LogP contribution in [0, 0.1) is 5.92 Å². The van der Waals surface area contributed by atoms with Gasteiger partial charge < -0.3 is 19.9 Å². The zero-order valence-corrected chi connectivity index (χ0v) is 14.2. The van der Waals surface area contributed by atoms with Gasteiger partial charge in [-0.15, -0.1) is 0 Å². The Morgan fingerprint density at radius 2 is 1.78 bits per heavy atom. The molecule has 0 spiro atoms. The highest BCUT2D eigenvalue weighted by Crippen LogP contribution is 2.33. The Morgan fingerprint density at radius 1 is 1.09 bits per heavy atom. The molecule has 0 radical (unpaired) electrons. The van der Waals surface area contributed by atoms with Gasteiger partial charge in [0.1, 0.15) is 0 Å². The Labute approximate surface area is 138 Å². The third-order valence-electron chi connectivity index (χ3n) is 4.59. The number of anilines is 3. The largest absolute Gasteiger partial charge is 0.378 e. The number of ether oxygens (including phenoxy) is 1. The van der Waals surface area contributed by atoms with Crippen LogP contribution < -0.4 is 15.1 Å². The number of morpholine rings is 1. The van der Waals surface area contributed by atoms with E-state index in [4.69, 9.17) is 4.74 Å². The van der Waals surface area contributed by atoms with Crippen LogP contribution in [0.4, 0.5) is 17.1 Å². The molecule has 2 aliphatic rings. The molecule has 0 aliphatic carbocycles. The van der Waals surface area contributed by atoms with Gasteiger partial charge in [0.15, 0.2) is 0 Å². The van der Waals surface area contributed by atoms with Crippen LogP contribution in [0.1, 0.15) is 26.7 Å². The Hall–Kier alpha value is -1.75. The van der Waals surface area contributed by atoms with Gasteiger partial charge >= 0.3 is 0 Å². The summed E-state index contributed by atoms with van der Waals surface area (Å²) in [7, 11) is 0. The van der Waals surface area contributed by atoms with Crippen molar-refractivity contribution < 1.29 is 9.53 Å². The maximum atomic E-state index is 12.2. The summed E-state index contributed by atoms with van der Waals surface area (Å²) in [5.74, 6) is 0.0427. The zero-order valence-electron chi connectivity index (χ0n) is 14.2. The molecule has 126 valence electrons. The van der Waals surface area contributed by atoms with E-state index in [0.717, 1.165) is 50.8 Å². The van der Waals surface area contributed by atoms with Gasteiger partial charge in [-0.3, -0.25) is 4.79 Å². The highest BCUT2D eigenvalue weighted by Gasteiger charge is 2.20. The number of rotatable bonds is 4. The molecular weight excluding hydrogens is 290 g/mol. The average molecular weight is 317 g/mol. The number of benzene rings is 1. The third kappa shape index (κ3) is 3.78. The second-order valence-electron chi connectivity index (χ2n) is 6.64. The number of carbonyl (C=O) groups is 1. The van der Waals surface area contributed by atoms with Crippen LogP contribution in [0.15, 0.2) is 18.2 Å². The van der Waals surface area contributed by atoms with Crippen LogP contribution in [-0.2, 0) is 9.53 Å². The minimum atomic E-state index is -0.0250. The Bertz CT molecular complexity index is 547. The van der Waals surface area contributed by atoms with Gasteiger partial charge in [0, 0.05) is 37.8 Å². The molecule has 5 nitrogen and oxygen atoms in total. The van der Waals surface area contributed by atoms with Crippen molar-refractivity contribution in [2.75, 3.05) is 54.5 Å². The fourth-order valence-corrected chi connectivity index (χ4v) is 3.15. The molecule has 5 heteroatoms. The standard InChI is InChI=1S/C18H27N3O2/c1-14(2)18(22)19-16-13-15(20-7-3-4-8-20)5-6-17(16)21-9-11-23-12-10-21/h5-6,13-14H,3-4,7-12H2,1-2H3,(H,19,22). The Kier molecular flexibility index (Phi) is 5.06. The first-order valence-electron chi connectivity index (χ1n) is 8.68. The molecule has 1 aromatic carbocycles. The van der Waals surface area contributed by atoms with Crippen molar-refractivity contribution in [1.82, 2.24) is 0 Å². The molecule has 0 atom stereocenters. The topological polar surface area (TPSA) is 44.8 Å². The fourth-order valence-electron chi connectivity index (χ4n) is 3.15. The highest BCUT2D eigenvalue weighted by molar-refractivity contribution is 5.96. The predicted molar refractivity (Wildman–Crippen MR) is 94.4 cm³/mol. The van der Waals surface area contributed by atoms with Crippen molar-refractivity contribution in [1.29, 1.82) is 0 Å². The van der Waals surface area contributed by atoms with E-state index in [-0.39, 0.29) is 11.8 Å². The molecule has 2 aliphatic heterocycles. The minimum absolute atomic E-state index is 0.0250. The third-order valence-corrected chi connectivity index (χ3v) is 4.59. The number of carbonyl (C=O) groups excluding carboxylic acids is 1. The van der Waals surface area contributed by atoms with Crippen LogP contribution in [0.5, 0.6) is 0 Å². The van der Waals surface area contributed by atoms with Crippen LogP contribution in [0.3, 0.4) is 0 Å². The smallest absolute Gasteiger partial charge is 0.226 e. The molecule has 3 rings (SSSR count). The van der Waals surface area contributed by atoms with E-state index >= 15 is 0 Å². The van der Waals surface area contributed by atoms with E-state index in [0.29, 0.717) is 0 Å². The summed E-state index contributed by atoms with van der Waals surface area (Å²) in [4.78, 5) is 16.9. The van der Waals surface area contributed by atoms with Crippen molar-refractivity contribution in [2.24, 2.45) is 5.92 Å². The lowest BCUT2D eigenvalue weighted by atomic mass is 10.1. The van der Waals surface area contributed by atoms with Gasteiger partial charge in [-0.25, -0.2) is 0 Å². The van der Waals surface area contributed by atoms with Gasteiger partial charge in [0.25, 0.3) is 0 Å². The summed E-state index contributed by atoms with van der Waals surface area (Å²) in [6, 6.07) is 6.46. The Balaban J connectivity index is 1.88. The molecule has 0 aromatic heterocycles. The first-order chi connectivity index (χ1) is 11.1. The van der Waals surface area contributed by atoms with Gasteiger partial charge in [0.05, 0.1) is 24.6 Å². The molecule has 1 amide bonds. The van der Waals surface area contributed by atoms with Crippen LogP contribution in [-0.4, -0.2) is 45.3 Å². The highest BCUT2D eigenvalue weighted by atomic mass is 16.5. The summed E-state index contributed by atoms with van der Waals surface area (Å²) in [5.41, 5.74) is 3.24. The molecular formula is C18H27N3O2. The predicted octanol–water partition coefficient (Wildman–Crippen LogP) is 2.72. The molecule has 2 heterocycles. The zero-order chi connectivity index (χ0) is 16.2. The lowest BCUT2D eigenvalue weighted by Gasteiger charge is -2.31. The summed E-state index contributed by atoms with van der Waals surface area (Å²) in [6.45, 7) is 9.28. The summed E-state index contributed by atoms with van der Waals surface area (Å²) >= 11 is 0. The lowest BCUT2D eigenvalue weighted by molar-refractivity contribution is -0.118. The number of amides is 1. The molecule has 2 saturated heterocycles. The lowest BCUT2D eigenvalue weighted by Crippen LogP contribution is -2.37. The molecule has 0 unspecified atom stereocenters. The van der Waals surface area contributed by atoms with Gasteiger partial charge in [-0.05, 0) is 31.0 Å². The quantitative estimate of drug-likeness (QED) is 0.927. The molecule has 23 heavy (non-hydrogen) atoms. The first kappa shape index (κ1) is 16.1. The second-order valence-corrected chi connectivity index (χ2v) is 6.64. The normalized spacial score (nSPS) is 18.6. The molecule has 1 aromatic rings. The summed E-state index contributed by atoms with van der Waals surface area (Å²) in [5, 5.41) is 3.12. The number of hydrogen-bond acceptors (Lipinski definition) is 4. The van der Waals surface area contributed by atoms with Gasteiger partial charge in [0.2, 0.25) is 5.91 Å². The molecule has 0 saturated carbocycles. The van der Waals surface area contributed by atoms with E-state index in [1.807, 2.05) is 13.8 Å². The summed E-state index contributed by atoms with van der Waals surface area (Å²) < 4.78 is 5.45. The van der Waals surface area contributed by atoms with E-state index < -0.39 is 0 Å². The monoisotopic (exact) mass is 317 g/mol. The van der Waals surface area contributed by atoms with E-state index in [1.54, 1.807) is 0 Å². The summed E-state index contributed by atoms with van der Waals surface area (Å²) in [6.07, 6.45) is 2.50. The van der Waals surface area contributed by atoms with E-state index in [1.165, 1.54) is 18.5 Å². The van der Waals surface area contributed by atoms with Crippen molar-refractivity contribution in [3.05, 3.63) is 18.2 Å². The van der Waals surface area contributed by atoms with E-state index in [2.05, 4.69) is 33.3 Å². The first-order valence-corrected chi connectivity index (χ1v) is 8.68. The van der Waals surface area contributed by atoms with Crippen molar-refractivity contribution >= 4 is 23.0 Å². The molecule has 2 fully saturated rings. The SMILES string of the molecule is CC(C)C(=O)Nc1cc(N2CCCC2)ccc1N1CCOCC1. The minimum Gasteiger partial charge on any atom is -0.378 e. The maximum Gasteiger partial charge on any atom is 0.226 e. The van der Waals surface area contributed by atoms with Crippen LogP contribution in [0.2, 0.25) is 0 Å². The Morgan fingerprint density at radius 3 is 2.43 bits per heavy atom. The van der Waals surface area contributed by atoms with Gasteiger partial charge in [-0.2, -0.15) is 0 Å². The van der Waals surface area contributed by atoms with Crippen molar-refractivity contribution in [2.45, 2.75) is 26.7 Å². The van der Waals surface area contributed by atoms with E-state index in [9.17, 15) is 4.79 Å². The van der Waals surface area contributed by atoms with Gasteiger partial charge in [-0.1, -0.05) is 13.8 Å². The average Bonchev–Trinajstić information content (AvgIpc) is 3.10. The number of nitrogens with zero attached hydrogens (tertiary/aromatic N) is 2. The number of nitrogens with one attached hydrogen (secondary N) is 1. The molecule has 0 bridgehead atoms. The molecule has 1 N–H and O–H groups in total. The number of hydrogen-bond donors (Lipinski definition) is 1. The van der Waals surface area contributed by atoms with Crippen molar-refractivity contribution in [3.63, 3.8) is 0 Å². The fraction of sp³-hybridized carbons (Fsp3) is 0.611. The van der Waals surface area contributed by atoms with Crippen LogP contribution in [0.25, 0.3) is 0 Å².